The van der Waals surface area contributed by atoms with Gasteiger partial charge in [-0.3, -0.25) is 4.79 Å². The number of carbonyl (C=O) groups excluding carboxylic acids is 1. The van der Waals surface area contributed by atoms with Crippen LogP contribution in [0.25, 0.3) is 0 Å². The Balaban J connectivity index is 2.18. The fourth-order valence-electron chi connectivity index (χ4n) is 1.64. The van der Waals surface area contributed by atoms with E-state index in [0.29, 0.717) is 5.56 Å². The van der Waals surface area contributed by atoms with Gasteiger partial charge in [0, 0.05) is 32.3 Å². The number of hydrogen-bond acceptors (Lipinski definition) is 3. The summed E-state index contributed by atoms with van der Waals surface area (Å²) < 4.78 is 5.46. The molecular formula is C15H24N2O2. The van der Waals surface area contributed by atoms with Crippen molar-refractivity contribution in [3.8, 4) is 0 Å². The summed E-state index contributed by atoms with van der Waals surface area (Å²) in [5.74, 6) is -0.0520. The van der Waals surface area contributed by atoms with E-state index in [1.807, 2.05) is 24.3 Å². The highest BCUT2D eigenvalue weighted by atomic mass is 16.5. The number of unbranched alkanes of at least 4 members (excludes halogenated alkanes) is 1. The van der Waals surface area contributed by atoms with E-state index in [4.69, 9.17) is 4.74 Å². The van der Waals surface area contributed by atoms with Gasteiger partial charge in [-0.15, -0.1) is 0 Å². The topological polar surface area (TPSA) is 50.4 Å². The Morgan fingerprint density at radius 2 is 1.95 bits per heavy atom. The SMILES string of the molecule is CCCCOCCNCc1ccc(C(=O)NC)cc1. The van der Waals surface area contributed by atoms with E-state index in [9.17, 15) is 4.79 Å². The zero-order valence-corrected chi connectivity index (χ0v) is 11.9. The lowest BCUT2D eigenvalue weighted by molar-refractivity contribution is 0.0963. The average molecular weight is 264 g/mol. The molecule has 0 aliphatic carbocycles. The molecule has 0 spiro atoms. The van der Waals surface area contributed by atoms with Crippen LogP contribution in [0.15, 0.2) is 24.3 Å². The highest BCUT2D eigenvalue weighted by Gasteiger charge is 2.01. The maximum atomic E-state index is 11.4. The van der Waals surface area contributed by atoms with Crippen LogP contribution in [0.3, 0.4) is 0 Å². The van der Waals surface area contributed by atoms with Crippen LogP contribution in [0.5, 0.6) is 0 Å². The minimum absolute atomic E-state index is 0.0520. The van der Waals surface area contributed by atoms with Crippen molar-refractivity contribution in [1.82, 2.24) is 10.6 Å². The van der Waals surface area contributed by atoms with Crippen molar-refractivity contribution in [1.29, 1.82) is 0 Å². The zero-order chi connectivity index (χ0) is 13.9. The molecule has 1 rings (SSSR count). The van der Waals surface area contributed by atoms with Gasteiger partial charge in [-0.2, -0.15) is 0 Å². The van der Waals surface area contributed by atoms with Gasteiger partial charge in [0.25, 0.3) is 5.91 Å². The number of nitrogens with one attached hydrogen (secondary N) is 2. The first-order valence-corrected chi connectivity index (χ1v) is 6.87. The van der Waals surface area contributed by atoms with Crippen molar-refractivity contribution in [2.75, 3.05) is 26.8 Å². The van der Waals surface area contributed by atoms with Crippen LogP contribution in [0.1, 0.15) is 35.7 Å². The van der Waals surface area contributed by atoms with Crippen LogP contribution in [-0.4, -0.2) is 32.7 Å². The van der Waals surface area contributed by atoms with Crippen molar-refractivity contribution < 1.29 is 9.53 Å². The number of rotatable bonds is 9. The van der Waals surface area contributed by atoms with Gasteiger partial charge in [0.1, 0.15) is 0 Å². The lowest BCUT2D eigenvalue weighted by Gasteiger charge is -2.06. The maximum absolute atomic E-state index is 11.4. The number of benzene rings is 1. The summed E-state index contributed by atoms with van der Waals surface area (Å²) in [6.07, 6.45) is 2.30. The Hall–Kier alpha value is -1.39. The highest BCUT2D eigenvalue weighted by Crippen LogP contribution is 2.04. The van der Waals surface area contributed by atoms with Crippen LogP contribution >= 0.6 is 0 Å². The molecule has 19 heavy (non-hydrogen) atoms. The largest absolute Gasteiger partial charge is 0.380 e. The van der Waals surface area contributed by atoms with E-state index in [2.05, 4.69) is 17.6 Å². The molecule has 4 heteroatoms. The Kier molecular flexibility index (Phi) is 7.86. The van der Waals surface area contributed by atoms with Crippen LogP contribution in [-0.2, 0) is 11.3 Å². The molecule has 1 aromatic rings. The fraction of sp³-hybridized carbons (Fsp3) is 0.533. The predicted molar refractivity (Wildman–Crippen MR) is 77.3 cm³/mol. The average Bonchev–Trinajstić information content (AvgIpc) is 2.46. The number of ether oxygens (including phenoxy) is 1. The molecule has 0 saturated carbocycles. The summed E-state index contributed by atoms with van der Waals surface area (Å²) in [4.78, 5) is 11.4. The summed E-state index contributed by atoms with van der Waals surface area (Å²) >= 11 is 0. The molecule has 1 amide bonds. The van der Waals surface area contributed by atoms with E-state index in [-0.39, 0.29) is 5.91 Å². The van der Waals surface area contributed by atoms with Crippen molar-refractivity contribution in [3.05, 3.63) is 35.4 Å². The molecule has 0 saturated heterocycles. The smallest absolute Gasteiger partial charge is 0.251 e. The molecule has 0 heterocycles. The van der Waals surface area contributed by atoms with E-state index in [0.717, 1.165) is 32.7 Å². The quantitative estimate of drug-likeness (QED) is 0.670. The van der Waals surface area contributed by atoms with Crippen LogP contribution < -0.4 is 10.6 Å². The van der Waals surface area contributed by atoms with Gasteiger partial charge in [0.15, 0.2) is 0 Å². The molecule has 0 aliphatic heterocycles. The third-order valence-corrected chi connectivity index (χ3v) is 2.84. The minimum atomic E-state index is -0.0520. The van der Waals surface area contributed by atoms with E-state index in [1.54, 1.807) is 7.05 Å². The molecule has 0 fully saturated rings. The van der Waals surface area contributed by atoms with Crippen LogP contribution in [0.2, 0.25) is 0 Å². The molecule has 4 nitrogen and oxygen atoms in total. The lowest BCUT2D eigenvalue weighted by Crippen LogP contribution is -2.20. The molecule has 0 atom stereocenters. The molecule has 0 unspecified atom stereocenters. The summed E-state index contributed by atoms with van der Waals surface area (Å²) in [7, 11) is 1.64. The number of amides is 1. The van der Waals surface area contributed by atoms with Crippen molar-refractivity contribution >= 4 is 5.91 Å². The van der Waals surface area contributed by atoms with Crippen molar-refractivity contribution in [2.24, 2.45) is 0 Å². The Morgan fingerprint density at radius 1 is 1.21 bits per heavy atom. The first-order chi connectivity index (χ1) is 9.27. The van der Waals surface area contributed by atoms with Gasteiger partial charge < -0.3 is 15.4 Å². The van der Waals surface area contributed by atoms with Gasteiger partial charge >= 0.3 is 0 Å². The third kappa shape index (κ3) is 6.36. The van der Waals surface area contributed by atoms with Gasteiger partial charge in [-0.05, 0) is 24.1 Å². The molecule has 2 N–H and O–H groups in total. The highest BCUT2D eigenvalue weighted by molar-refractivity contribution is 5.93. The Morgan fingerprint density at radius 3 is 2.58 bits per heavy atom. The molecule has 106 valence electrons. The summed E-state index contributed by atoms with van der Waals surface area (Å²) in [5.41, 5.74) is 1.86. The monoisotopic (exact) mass is 264 g/mol. The molecular weight excluding hydrogens is 240 g/mol. The van der Waals surface area contributed by atoms with Gasteiger partial charge in [-0.1, -0.05) is 25.5 Å². The molecule has 0 radical (unpaired) electrons. The molecule has 1 aromatic carbocycles. The molecule has 0 aliphatic rings. The van der Waals surface area contributed by atoms with Gasteiger partial charge in [0.2, 0.25) is 0 Å². The predicted octanol–water partition coefficient (Wildman–Crippen LogP) is 1.95. The van der Waals surface area contributed by atoms with E-state index in [1.165, 1.54) is 12.0 Å². The van der Waals surface area contributed by atoms with Crippen LogP contribution in [0.4, 0.5) is 0 Å². The first-order valence-electron chi connectivity index (χ1n) is 6.87. The number of hydrogen-bond donors (Lipinski definition) is 2. The molecule has 0 bridgehead atoms. The van der Waals surface area contributed by atoms with Gasteiger partial charge in [0.05, 0.1) is 6.61 Å². The van der Waals surface area contributed by atoms with Gasteiger partial charge in [-0.25, -0.2) is 0 Å². The van der Waals surface area contributed by atoms with E-state index < -0.39 is 0 Å². The van der Waals surface area contributed by atoms with E-state index >= 15 is 0 Å². The standard InChI is InChI=1S/C15H24N2O2/c1-3-4-10-19-11-9-17-12-13-5-7-14(8-6-13)15(18)16-2/h5-8,17H,3-4,9-12H2,1-2H3,(H,16,18). The second kappa shape index (κ2) is 9.53. The van der Waals surface area contributed by atoms with Crippen LogP contribution in [0, 0.1) is 0 Å². The maximum Gasteiger partial charge on any atom is 0.251 e. The van der Waals surface area contributed by atoms with Crippen molar-refractivity contribution in [3.63, 3.8) is 0 Å². The lowest BCUT2D eigenvalue weighted by atomic mass is 10.1. The molecule has 0 aromatic heterocycles. The normalized spacial score (nSPS) is 10.4. The third-order valence-electron chi connectivity index (χ3n) is 2.84. The zero-order valence-electron chi connectivity index (χ0n) is 11.9. The summed E-state index contributed by atoms with van der Waals surface area (Å²) in [6, 6.07) is 7.62. The minimum Gasteiger partial charge on any atom is -0.380 e. The fourth-order valence-corrected chi connectivity index (χ4v) is 1.64. The second-order valence-corrected chi connectivity index (χ2v) is 4.42. The summed E-state index contributed by atoms with van der Waals surface area (Å²) in [6.45, 7) is 5.39. The Bertz CT molecular complexity index is 363. The van der Waals surface area contributed by atoms with Crippen molar-refractivity contribution in [2.45, 2.75) is 26.3 Å². The number of carbonyl (C=O) groups is 1. The second-order valence-electron chi connectivity index (χ2n) is 4.42. The Labute approximate surface area is 115 Å². The summed E-state index contributed by atoms with van der Waals surface area (Å²) in [5, 5.41) is 5.92. The first kappa shape index (κ1) is 15.7.